The van der Waals surface area contributed by atoms with E-state index in [-0.39, 0.29) is 47.7 Å². The first-order valence-corrected chi connectivity index (χ1v) is 29.1. The van der Waals surface area contributed by atoms with Gasteiger partial charge in [-0.3, -0.25) is 19.2 Å². The van der Waals surface area contributed by atoms with Crippen LogP contribution in [0.25, 0.3) is 0 Å². The molecule has 0 saturated heterocycles. The maximum atomic E-state index is 12.9. The van der Waals surface area contributed by atoms with Gasteiger partial charge in [-0.1, -0.05) is 149 Å². The number of ketones is 2. The molecule has 2 atom stereocenters. The predicted molar refractivity (Wildman–Crippen MR) is 312 cm³/mol. The lowest BCUT2D eigenvalue weighted by Crippen LogP contribution is -2.29. The van der Waals surface area contributed by atoms with Gasteiger partial charge in [0, 0.05) is 25.9 Å². The lowest BCUT2D eigenvalue weighted by molar-refractivity contribution is -0.131. The molecule has 0 saturated carbocycles. The van der Waals surface area contributed by atoms with E-state index in [2.05, 4.69) is 50.5 Å². The Bertz CT molecular complexity index is 2110. The highest BCUT2D eigenvalue weighted by atomic mass is 16.7. The van der Waals surface area contributed by atoms with Crippen molar-refractivity contribution < 1.29 is 52.5 Å². The molecule has 78 heavy (non-hydrogen) atoms. The van der Waals surface area contributed by atoms with Gasteiger partial charge in [-0.25, -0.2) is 14.4 Å². The number of nitrogens with one attached hydrogen (secondary N) is 2. The summed E-state index contributed by atoms with van der Waals surface area (Å²) in [6.07, 6.45) is 27.1. The van der Waals surface area contributed by atoms with E-state index in [1.807, 2.05) is 26.0 Å². The van der Waals surface area contributed by atoms with Crippen LogP contribution in [-0.4, -0.2) is 80.0 Å². The van der Waals surface area contributed by atoms with E-state index in [0.29, 0.717) is 49.9 Å². The molecule has 2 rings (SSSR count). The topological polar surface area (TPSA) is 180 Å². The molecular formula is C65H96N2O11. The number of ether oxygens (including phenoxy) is 4. The zero-order valence-electron chi connectivity index (χ0n) is 48.9. The second-order valence-electron chi connectivity index (χ2n) is 21.1. The summed E-state index contributed by atoms with van der Waals surface area (Å²) in [5.74, 6) is -1.94. The van der Waals surface area contributed by atoms with Crippen LogP contribution in [0.1, 0.15) is 251 Å². The maximum Gasteiger partial charge on any atom is 0.509 e. The van der Waals surface area contributed by atoms with Crippen LogP contribution in [-0.2, 0) is 28.5 Å². The Labute approximate surface area is 468 Å². The van der Waals surface area contributed by atoms with Crippen LogP contribution >= 0.6 is 0 Å². The van der Waals surface area contributed by atoms with E-state index in [1.165, 1.54) is 25.0 Å². The SMILES string of the molecule is CC(C)=CCC/C(C)=C/COC(=O)c1ccccc1C(=O)NCCCCCCCCCCCC(=O)C(C)OC(=O)OC(C)C(=O)CCCCCCCCCCCNC(=O)c1ccccc1C(=O)OC/C=C(\C)CCC=C(C)C. The molecule has 2 amide bonds. The van der Waals surface area contributed by atoms with E-state index in [9.17, 15) is 33.6 Å². The summed E-state index contributed by atoms with van der Waals surface area (Å²) >= 11 is 0. The average molecular weight is 1080 g/mol. The molecule has 0 aromatic heterocycles. The van der Waals surface area contributed by atoms with E-state index < -0.39 is 30.3 Å². The molecule has 432 valence electrons. The molecule has 0 aliphatic rings. The zero-order valence-corrected chi connectivity index (χ0v) is 48.9. The molecular weight excluding hydrogens is 985 g/mol. The van der Waals surface area contributed by atoms with Crippen molar-refractivity contribution in [2.24, 2.45) is 0 Å². The number of hydrogen-bond donors (Lipinski definition) is 2. The molecule has 0 bridgehead atoms. The van der Waals surface area contributed by atoms with Crippen molar-refractivity contribution in [2.75, 3.05) is 26.3 Å². The highest BCUT2D eigenvalue weighted by Gasteiger charge is 2.23. The molecule has 2 unspecified atom stereocenters. The largest absolute Gasteiger partial charge is 0.509 e. The van der Waals surface area contributed by atoms with Gasteiger partial charge in [-0.05, 0) is 143 Å². The van der Waals surface area contributed by atoms with Crippen molar-refractivity contribution in [1.82, 2.24) is 10.6 Å². The Morgan fingerprint density at radius 1 is 0.410 bits per heavy atom. The molecule has 0 radical (unpaired) electrons. The number of carbonyl (C=O) groups is 7. The number of unbranched alkanes of at least 4 members (excludes halogenated alkanes) is 16. The Morgan fingerprint density at radius 2 is 0.718 bits per heavy atom. The molecule has 0 aliphatic carbocycles. The first-order chi connectivity index (χ1) is 37.5. The Hall–Kier alpha value is -6.11. The average Bonchev–Trinajstić information content (AvgIpc) is 3.41. The number of allylic oxidation sites excluding steroid dienone is 6. The van der Waals surface area contributed by atoms with Crippen molar-refractivity contribution in [3.05, 3.63) is 117 Å². The minimum absolute atomic E-state index is 0.163. The highest BCUT2D eigenvalue weighted by Crippen LogP contribution is 2.17. The summed E-state index contributed by atoms with van der Waals surface area (Å²) in [5, 5.41) is 5.89. The number of carbonyl (C=O) groups excluding carboxylic acids is 7. The quantitative estimate of drug-likeness (QED) is 0.0279. The number of benzene rings is 2. The molecule has 0 heterocycles. The van der Waals surface area contributed by atoms with Crippen LogP contribution in [0.2, 0.25) is 0 Å². The van der Waals surface area contributed by atoms with E-state index in [0.717, 1.165) is 140 Å². The van der Waals surface area contributed by atoms with Gasteiger partial charge in [0.1, 0.15) is 13.2 Å². The second kappa shape index (κ2) is 41.9. The summed E-state index contributed by atoms with van der Waals surface area (Å²) in [7, 11) is 0. The first kappa shape index (κ1) is 68.0. The van der Waals surface area contributed by atoms with Crippen LogP contribution in [0.5, 0.6) is 0 Å². The lowest BCUT2D eigenvalue weighted by Gasteiger charge is -2.15. The molecule has 2 aromatic carbocycles. The lowest BCUT2D eigenvalue weighted by atomic mass is 10.0. The molecule has 13 nitrogen and oxygen atoms in total. The predicted octanol–water partition coefficient (Wildman–Crippen LogP) is 15.4. The molecule has 0 spiro atoms. The van der Waals surface area contributed by atoms with Gasteiger partial charge in [0.25, 0.3) is 11.8 Å². The number of Topliss-reactive ketones (excluding diaryl/α,β-unsaturated/α-hetero) is 2. The van der Waals surface area contributed by atoms with Gasteiger partial charge < -0.3 is 29.6 Å². The van der Waals surface area contributed by atoms with E-state index in [1.54, 1.807) is 48.5 Å². The number of amides is 2. The molecule has 2 N–H and O–H groups in total. The summed E-state index contributed by atoms with van der Waals surface area (Å²) in [5.41, 5.74) is 6.00. The number of rotatable bonds is 42. The van der Waals surface area contributed by atoms with Gasteiger partial charge in [0.15, 0.2) is 23.8 Å². The van der Waals surface area contributed by atoms with E-state index in [4.69, 9.17) is 18.9 Å². The van der Waals surface area contributed by atoms with Crippen LogP contribution in [0.4, 0.5) is 4.79 Å². The smallest absolute Gasteiger partial charge is 0.458 e. The fourth-order valence-electron chi connectivity index (χ4n) is 8.55. The minimum Gasteiger partial charge on any atom is -0.458 e. The third kappa shape index (κ3) is 31.9. The van der Waals surface area contributed by atoms with Crippen LogP contribution in [0.3, 0.4) is 0 Å². The van der Waals surface area contributed by atoms with Gasteiger partial charge in [0.05, 0.1) is 22.3 Å². The van der Waals surface area contributed by atoms with Crippen molar-refractivity contribution in [1.29, 1.82) is 0 Å². The minimum atomic E-state index is -1.01. The number of esters is 2. The Balaban J connectivity index is 1.45. The summed E-state index contributed by atoms with van der Waals surface area (Å²) < 4.78 is 21.3. The summed E-state index contributed by atoms with van der Waals surface area (Å²) in [6.45, 7) is 16.8. The van der Waals surface area contributed by atoms with Crippen molar-refractivity contribution in [3.63, 3.8) is 0 Å². The summed E-state index contributed by atoms with van der Waals surface area (Å²) in [4.78, 5) is 89.1. The van der Waals surface area contributed by atoms with Gasteiger partial charge in [-0.15, -0.1) is 0 Å². The first-order valence-electron chi connectivity index (χ1n) is 29.1. The summed E-state index contributed by atoms with van der Waals surface area (Å²) in [6, 6.07) is 13.5. The van der Waals surface area contributed by atoms with Crippen LogP contribution < -0.4 is 10.6 Å². The van der Waals surface area contributed by atoms with Crippen LogP contribution in [0.15, 0.2) is 95.1 Å². The Kier molecular flexibility index (Phi) is 36.5. The second-order valence-corrected chi connectivity index (χ2v) is 21.1. The van der Waals surface area contributed by atoms with Gasteiger partial charge >= 0.3 is 18.1 Å². The van der Waals surface area contributed by atoms with Crippen molar-refractivity contribution in [3.8, 4) is 0 Å². The third-order valence-corrected chi connectivity index (χ3v) is 13.5. The highest BCUT2D eigenvalue weighted by molar-refractivity contribution is 6.06. The standard InChI is InChI=1S/C65H96N2O11/c1-49(2)33-31-35-51(5)43-47-75-63(72)57-39-27-25-37-55(57)61(70)66-45-29-21-17-13-9-11-15-19-23-41-59(68)53(7)77-65(74)78-54(8)60(69)42-24-20-16-12-10-14-18-22-30-46-67-62(71)56-38-26-28-40-58(56)64(73)76-48-44-52(6)36-32-34-50(3)4/h25-28,33-34,37-40,43-44,53-54H,9-24,29-32,35-36,41-42,45-48H2,1-8H3,(H,66,70)(H,67,71)/b51-43+,52-44+. The molecule has 13 heteroatoms. The fourth-order valence-corrected chi connectivity index (χ4v) is 8.55. The van der Waals surface area contributed by atoms with Gasteiger partial charge in [0.2, 0.25) is 0 Å². The van der Waals surface area contributed by atoms with E-state index >= 15 is 0 Å². The molecule has 2 aromatic rings. The monoisotopic (exact) mass is 1080 g/mol. The van der Waals surface area contributed by atoms with Crippen molar-refractivity contribution >= 4 is 41.5 Å². The van der Waals surface area contributed by atoms with Gasteiger partial charge in [-0.2, -0.15) is 0 Å². The maximum absolute atomic E-state index is 12.9. The van der Waals surface area contributed by atoms with Crippen molar-refractivity contribution in [2.45, 2.75) is 222 Å². The third-order valence-electron chi connectivity index (χ3n) is 13.5. The molecule has 0 aliphatic heterocycles. The normalized spacial score (nSPS) is 12.2. The molecule has 0 fully saturated rings. The van der Waals surface area contributed by atoms with Crippen LogP contribution in [0, 0.1) is 0 Å². The number of hydrogen-bond acceptors (Lipinski definition) is 11. The Morgan fingerprint density at radius 3 is 1.05 bits per heavy atom. The fraction of sp³-hybridized carbons (Fsp3) is 0.585. The zero-order chi connectivity index (χ0) is 57.3.